The van der Waals surface area contributed by atoms with Crippen LogP contribution >= 0.6 is 0 Å². The molecule has 2 N–H and O–H groups in total. The number of hydrogen-bond acceptors (Lipinski definition) is 3. The van der Waals surface area contributed by atoms with Crippen LogP contribution in [0.2, 0.25) is 0 Å². The predicted molar refractivity (Wildman–Crippen MR) is 61.5 cm³/mol. The van der Waals surface area contributed by atoms with Crippen LogP contribution < -0.4 is 15.2 Å². The Balaban J connectivity index is 2.89. The fraction of sp³-hybridized carbons (Fsp3) is 0.500. The number of hydrogen-bond donors (Lipinski definition) is 1. The Morgan fingerprint density at radius 3 is 2.13 bits per heavy atom. The second kappa shape index (κ2) is 5.61. The van der Waals surface area contributed by atoms with Gasteiger partial charge in [0.15, 0.2) is 0 Å². The highest BCUT2D eigenvalue weighted by Crippen LogP contribution is 2.29. The Morgan fingerprint density at radius 2 is 1.73 bits per heavy atom. The molecule has 1 atom stereocenters. The van der Waals surface area contributed by atoms with Gasteiger partial charge in [0.25, 0.3) is 0 Å². The SMILES string of the molecule is COc1cccc(OC)c1CCC(C)N. The van der Waals surface area contributed by atoms with E-state index in [0.29, 0.717) is 0 Å². The molecule has 0 aliphatic heterocycles. The first-order valence-corrected chi connectivity index (χ1v) is 5.14. The lowest BCUT2D eigenvalue weighted by Gasteiger charge is -2.13. The van der Waals surface area contributed by atoms with Crippen molar-refractivity contribution < 1.29 is 9.47 Å². The molecule has 0 radical (unpaired) electrons. The molecule has 0 saturated carbocycles. The normalized spacial score (nSPS) is 12.3. The van der Waals surface area contributed by atoms with Gasteiger partial charge < -0.3 is 15.2 Å². The Morgan fingerprint density at radius 1 is 1.20 bits per heavy atom. The Bertz CT molecular complexity index is 288. The summed E-state index contributed by atoms with van der Waals surface area (Å²) in [6.45, 7) is 2.00. The first-order valence-electron chi connectivity index (χ1n) is 5.14. The van der Waals surface area contributed by atoms with E-state index in [1.807, 2.05) is 25.1 Å². The molecule has 0 spiro atoms. The zero-order valence-corrected chi connectivity index (χ0v) is 9.62. The molecule has 0 fully saturated rings. The molecule has 1 aromatic rings. The highest BCUT2D eigenvalue weighted by Gasteiger charge is 2.09. The number of ether oxygens (including phenoxy) is 2. The van der Waals surface area contributed by atoms with E-state index < -0.39 is 0 Å². The Kier molecular flexibility index (Phi) is 4.43. The predicted octanol–water partition coefficient (Wildman–Crippen LogP) is 1.98. The van der Waals surface area contributed by atoms with Crippen molar-refractivity contribution in [2.24, 2.45) is 5.73 Å². The third kappa shape index (κ3) is 3.13. The maximum atomic E-state index is 5.74. The van der Waals surface area contributed by atoms with Crippen molar-refractivity contribution in [3.63, 3.8) is 0 Å². The largest absolute Gasteiger partial charge is 0.496 e. The minimum Gasteiger partial charge on any atom is -0.496 e. The number of nitrogens with two attached hydrogens (primary N) is 1. The van der Waals surface area contributed by atoms with E-state index in [0.717, 1.165) is 29.9 Å². The molecule has 0 aromatic heterocycles. The highest BCUT2D eigenvalue weighted by molar-refractivity contribution is 5.44. The van der Waals surface area contributed by atoms with Crippen LogP contribution in [0.15, 0.2) is 18.2 Å². The van der Waals surface area contributed by atoms with E-state index in [1.54, 1.807) is 14.2 Å². The summed E-state index contributed by atoms with van der Waals surface area (Å²) in [5.41, 5.74) is 6.84. The van der Waals surface area contributed by atoms with E-state index in [9.17, 15) is 0 Å². The second-order valence-electron chi connectivity index (χ2n) is 3.66. The van der Waals surface area contributed by atoms with Crippen LogP contribution in [0, 0.1) is 0 Å². The average Bonchev–Trinajstić information content (AvgIpc) is 2.25. The number of rotatable bonds is 5. The molecule has 1 rings (SSSR count). The molecule has 15 heavy (non-hydrogen) atoms. The average molecular weight is 209 g/mol. The van der Waals surface area contributed by atoms with Crippen molar-refractivity contribution in [1.82, 2.24) is 0 Å². The van der Waals surface area contributed by atoms with Gasteiger partial charge in [0.05, 0.1) is 14.2 Å². The molecule has 1 aromatic carbocycles. The van der Waals surface area contributed by atoms with E-state index in [2.05, 4.69) is 0 Å². The summed E-state index contributed by atoms with van der Waals surface area (Å²) >= 11 is 0. The van der Waals surface area contributed by atoms with Crippen molar-refractivity contribution in [2.75, 3.05) is 14.2 Å². The summed E-state index contributed by atoms with van der Waals surface area (Å²) in [7, 11) is 3.34. The first kappa shape index (κ1) is 11.9. The molecule has 3 nitrogen and oxygen atoms in total. The fourth-order valence-corrected chi connectivity index (χ4v) is 1.55. The zero-order chi connectivity index (χ0) is 11.3. The van der Waals surface area contributed by atoms with Gasteiger partial charge in [-0.15, -0.1) is 0 Å². The smallest absolute Gasteiger partial charge is 0.125 e. The van der Waals surface area contributed by atoms with Gasteiger partial charge >= 0.3 is 0 Å². The lowest BCUT2D eigenvalue weighted by Crippen LogP contribution is -2.15. The van der Waals surface area contributed by atoms with E-state index in [1.165, 1.54) is 0 Å². The summed E-state index contributed by atoms with van der Waals surface area (Å²) in [6, 6.07) is 6.00. The van der Waals surface area contributed by atoms with Crippen molar-refractivity contribution >= 4 is 0 Å². The van der Waals surface area contributed by atoms with Crippen LogP contribution in [0.5, 0.6) is 11.5 Å². The van der Waals surface area contributed by atoms with Crippen LogP contribution in [0.1, 0.15) is 18.9 Å². The summed E-state index contributed by atoms with van der Waals surface area (Å²) in [4.78, 5) is 0. The van der Waals surface area contributed by atoms with Gasteiger partial charge in [0.2, 0.25) is 0 Å². The van der Waals surface area contributed by atoms with Crippen LogP contribution in [0.4, 0.5) is 0 Å². The topological polar surface area (TPSA) is 44.5 Å². The third-order valence-electron chi connectivity index (χ3n) is 2.38. The molecule has 0 amide bonds. The van der Waals surface area contributed by atoms with Gasteiger partial charge in [-0.2, -0.15) is 0 Å². The quantitative estimate of drug-likeness (QED) is 0.806. The van der Waals surface area contributed by atoms with Gasteiger partial charge in [-0.05, 0) is 31.9 Å². The van der Waals surface area contributed by atoms with Gasteiger partial charge in [-0.25, -0.2) is 0 Å². The lowest BCUT2D eigenvalue weighted by molar-refractivity contribution is 0.383. The lowest BCUT2D eigenvalue weighted by atomic mass is 10.0. The minimum absolute atomic E-state index is 0.194. The second-order valence-corrected chi connectivity index (χ2v) is 3.66. The monoisotopic (exact) mass is 209 g/mol. The summed E-state index contributed by atoms with van der Waals surface area (Å²) < 4.78 is 10.6. The Hall–Kier alpha value is -1.22. The van der Waals surface area contributed by atoms with Gasteiger partial charge in [0.1, 0.15) is 11.5 Å². The van der Waals surface area contributed by atoms with Crippen LogP contribution in [-0.2, 0) is 6.42 Å². The maximum absolute atomic E-state index is 5.74. The van der Waals surface area contributed by atoms with Gasteiger partial charge in [0, 0.05) is 11.6 Å². The summed E-state index contributed by atoms with van der Waals surface area (Å²) in [6.07, 6.45) is 1.81. The standard InChI is InChI=1S/C12H19NO2/c1-9(13)7-8-10-11(14-2)5-4-6-12(10)15-3/h4-6,9H,7-8,13H2,1-3H3. The molecule has 0 saturated heterocycles. The van der Waals surface area contributed by atoms with Gasteiger partial charge in [-0.3, -0.25) is 0 Å². The molecule has 0 heterocycles. The number of methoxy groups -OCH3 is 2. The first-order chi connectivity index (χ1) is 7.19. The molecular formula is C12H19NO2. The summed E-state index contributed by atoms with van der Waals surface area (Å²) in [5.74, 6) is 1.74. The number of benzene rings is 1. The fourth-order valence-electron chi connectivity index (χ4n) is 1.55. The van der Waals surface area contributed by atoms with Crippen molar-refractivity contribution in [2.45, 2.75) is 25.8 Å². The third-order valence-corrected chi connectivity index (χ3v) is 2.38. The Labute approximate surface area is 91.2 Å². The molecule has 1 unspecified atom stereocenters. The van der Waals surface area contributed by atoms with Gasteiger partial charge in [-0.1, -0.05) is 6.07 Å². The maximum Gasteiger partial charge on any atom is 0.125 e. The van der Waals surface area contributed by atoms with E-state index in [-0.39, 0.29) is 6.04 Å². The van der Waals surface area contributed by atoms with Crippen LogP contribution in [0.3, 0.4) is 0 Å². The summed E-state index contributed by atoms with van der Waals surface area (Å²) in [5, 5.41) is 0. The van der Waals surface area contributed by atoms with E-state index in [4.69, 9.17) is 15.2 Å². The van der Waals surface area contributed by atoms with Crippen LogP contribution in [0.25, 0.3) is 0 Å². The van der Waals surface area contributed by atoms with Crippen LogP contribution in [-0.4, -0.2) is 20.3 Å². The van der Waals surface area contributed by atoms with Crippen molar-refractivity contribution in [1.29, 1.82) is 0 Å². The van der Waals surface area contributed by atoms with Crippen molar-refractivity contribution in [3.05, 3.63) is 23.8 Å². The molecule has 0 aliphatic rings. The zero-order valence-electron chi connectivity index (χ0n) is 9.62. The molecule has 0 aliphatic carbocycles. The molecule has 0 bridgehead atoms. The van der Waals surface area contributed by atoms with E-state index >= 15 is 0 Å². The molecule has 84 valence electrons. The minimum atomic E-state index is 0.194. The molecular weight excluding hydrogens is 190 g/mol. The van der Waals surface area contributed by atoms with Crippen molar-refractivity contribution in [3.8, 4) is 11.5 Å². The highest BCUT2D eigenvalue weighted by atomic mass is 16.5. The molecule has 3 heteroatoms.